The molecule has 1 aromatic rings. The highest BCUT2D eigenvalue weighted by molar-refractivity contribution is 7.92. The van der Waals surface area contributed by atoms with E-state index in [1.54, 1.807) is 20.8 Å². The molecule has 0 amide bonds. The lowest BCUT2D eigenvalue weighted by Crippen LogP contribution is -2.32. The van der Waals surface area contributed by atoms with E-state index in [1.807, 2.05) is 0 Å². The Balaban J connectivity index is 2.66. The molecule has 0 spiro atoms. The van der Waals surface area contributed by atoms with Gasteiger partial charge >= 0.3 is 0 Å². The van der Waals surface area contributed by atoms with Crippen molar-refractivity contribution in [3.05, 3.63) is 6.20 Å². The molecule has 0 aliphatic rings. The third-order valence-corrected chi connectivity index (χ3v) is 4.66. The van der Waals surface area contributed by atoms with E-state index in [9.17, 15) is 8.42 Å². The Hall–Kier alpha value is -1.11. The predicted molar refractivity (Wildman–Crippen MR) is 58.0 cm³/mol. The van der Waals surface area contributed by atoms with Crippen LogP contribution in [0.15, 0.2) is 6.20 Å². The molecule has 0 bridgehead atoms. The van der Waals surface area contributed by atoms with Gasteiger partial charge in [0.05, 0.1) is 23.2 Å². The second kappa shape index (κ2) is 3.80. The second-order valence-corrected chi connectivity index (χ2v) is 7.20. The highest BCUT2D eigenvalue weighted by atomic mass is 32.2. The second-order valence-electron chi connectivity index (χ2n) is 4.34. The van der Waals surface area contributed by atoms with Crippen LogP contribution in [-0.4, -0.2) is 33.9 Å². The van der Waals surface area contributed by atoms with E-state index in [1.165, 1.54) is 10.9 Å². The van der Waals surface area contributed by atoms with Crippen LogP contribution in [-0.2, 0) is 16.4 Å². The first-order valence-electron chi connectivity index (χ1n) is 4.60. The zero-order valence-electron chi connectivity index (χ0n) is 9.14. The molecule has 7 heteroatoms. The van der Waals surface area contributed by atoms with Crippen molar-refractivity contribution in [3.8, 4) is 0 Å². The van der Waals surface area contributed by atoms with Gasteiger partial charge in [0, 0.05) is 0 Å². The summed E-state index contributed by atoms with van der Waals surface area (Å²) in [6.07, 6.45) is 1.51. The number of aryl methyl sites for hydroxylation is 1. The number of nitrogens with two attached hydrogens (primary N) is 1. The van der Waals surface area contributed by atoms with Gasteiger partial charge in [0.2, 0.25) is 0 Å². The van der Waals surface area contributed by atoms with Crippen LogP contribution in [0.3, 0.4) is 0 Å². The molecule has 1 aromatic heterocycles. The Morgan fingerprint density at radius 1 is 1.47 bits per heavy atom. The van der Waals surface area contributed by atoms with Crippen LogP contribution in [0.25, 0.3) is 0 Å². The van der Waals surface area contributed by atoms with Gasteiger partial charge in [-0.2, -0.15) is 0 Å². The maximum Gasteiger partial charge on any atom is 0.165 e. The van der Waals surface area contributed by atoms with E-state index in [0.717, 1.165) is 0 Å². The van der Waals surface area contributed by atoms with Crippen molar-refractivity contribution in [2.45, 2.75) is 32.1 Å². The molecule has 0 aliphatic heterocycles. The number of hydrogen-bond acceptors (Lipinski definition) is 5. The number of aromatic nitrogens is 3. The van der Waals surface area contributed by atoms with Gasteiger partial charge in [-0.3, -0.25) is 0 Å². The summed E-state index contributed by atoms with van der Waals surface area (Å²) in [4.78, 5) is 0. The topological polar surface area (TPSA) is 90.9 Å². The van der Waals surface area contributed by atoms with Crippen LogP contribution >= 0.6 is 0 Å². The lowest BCUT2D eigenvalue weighted by atomic mass is 10.3. The third-order valence-electron chi connectivity index (χ3n) is 2.08. The smallest absolute Gasteiger partial charge is 0.165 e. The minimum Gasteiger partial charge on any atom is -0.381 e. The standard InChI is InChI=1S/C8H16N4O2S/c1-8(2,3)15(13,14)5-4-12-6-7(9)10-11-12/h6H,4-5,9H2,1-3H3. The van der Waals surface area contributed by atoms with Crippen LogP contribution in [0.4, 0.5) is 5.82 Å². The summed E-state index contributed by atoms with van der Waals surface area (Å²) >= 11 is 0. The first kappa shape index (κ1) is 12.0. The lowest BCUT2D eigenvalue weighted by Gasteiger charge is -2.18. The fourth-order valence-electron chi connectivity index (χ4n) is 0.943. The van der Waals surface area contributed by atoms with Crippen molar-refractivity contribution >= 4 is 15.7 Å². The molecule has 1 rings (SSSR count). The Labute approximate surface area is 89.4 Å². The van der Waals surface area contributed by atoms with E-state index < -0.39 is 14.6 Å². The average molecular weight is 232 g/mol. The lowest BCUT2D eigenvalue weighted by molar-refractivity contribution is 0.545. The normalized spacial score (nSPS) is 13.0. The number of rotatable bonds is 3. The van der Waals surface area contributed by atoms with E-state index >= 15 is 0 Å². The van der Waals surface area contributed by atoms with Crippen LogP contribution < -0.4 is 5.73 Å². The largest absolute Gasteiger partial charge is 0.381 e. The maximum absolute atomic E-state index is 11.7. The molecule has 0 fully saturated rings. The molecule has 0 aromatic carbocycles. The van der Waals surface area contributed by atoms with Crippen LogP contribution in [0.2, 0.25) is 0 Å². The zero-order chi connectivity index (χ0) is 11.7. The fourth-order valence-corrected chi connectivity index (χ4v) is 1.98. The number of hydrogen-bond donors (Lipinski definition) is 1. The maximum atomic E-state index is 11.7. The summed E-state index contributed by atoms with van der Waals surface area (Å²) in [5.74, 6) is 0.336. The van der Waals surface area contributed by atoms with Gasteiger partial charge in [0.1, 0.15) is 0 Å². The molecule has 0 saturated carbocycles. The zero-order valence-corrected chi connectivity index (χ0v) is 9.95. The minimum absolute atomic E-state index is 0.0410. The first-order chi connectivity index (χ1) is 6.72. The molecular formula is C8H16N4O2S. The van der Waals surface area contributed by atoms with Crippen LogP contribution in [0, 0.1) is 0 Å². The molecule has 15 heavy (non-hydrogen) atoms. The third kappa shape index (κ3) is 2.92. The average Bonchev–Trinajstić information content (AvgIpc) is 2.46. The van der Waals surface area contributed by atoms with Crippen molar-refractivity contribution in [3.63, 3.8) is 0 Å². The van der Waals surface area contributed by atoms with Crippen molar-refractivity contribution in [1.29, 1.82) is 0 Å². The Morgan fingerprint density at radius 2 is 2.07 bits per heavy atom. The van der Waals surface area contributed by atoms with Crippen molar-refractivity contribution in [2.75, 3.05) is 11.5 Å². The quantitative estimate of drug-likeness (QED) is 0.796. The van der Waals surface area contributed by atoms with Crippen molar-refractivity contribution in [2.24, 2.45) is 0 Å². The molecule has 0 atom stereocenters. The fraction of sp³-hybridized carbons (Fsp3) is 0.750. The number of sulfone groups is 1. The summed E-state index contributed by atoms with van der Waals surface area (Å²) in [6.45, 7) is 5.32. The summed E-state index contributed by atoms with van der Waals surface area (Å²) in [5, 5.41) is 7.25. The molecule has 0 saturated heterocycles. The Kier molecular flexibility index (Phi) is 3.03. The van der Waals surface area contributed by atoms with Gasteiger partial charge < -0.3 is 5.73 Å². The highest BCUT2D eigenvalue weighted by Crippen LogP contribution is 2.16. The first-order valence-corrected chi connectivity index (χ1v) is 6.25. The monoisotopic (exact) mass is 232 g/mol. The minimum atomic E-state index is -3.12. The highest BCUT2D eigenvalue weighted by Gasteiger charge is 2.28. The van der Waals surface area contributed by atoms with E-state index in [-0.39, 0.29) is 12.3 Å². The predicted octanol–water partition coefficient (Wildman–Crippen LogP) is 0.0736. The summed E-state index contributed by atoms with van der Waals surface area (Å²) in [7, 11) is -3.12. The van der Waals surface area contributed by atoms with E-state index in [0.29, 0.717) is 5.82 Å². The molecule has 0 unspecified atom stereocenters. The van der Waals surface area contributed by atoms with Gasteiger partial charge in [-0.25, -0.2) is 13.1 Å². The Bertz CT molecular complexity index is 430. The van der Waals surface area contributed by atoms with Crippen molar-refractivity contribution < 1.29 is 8.42 Å². The molecular weight excluding hydrogens is 216 g/mol. The number of nitrogens with zero attached hydrogens (tertiary/aromatic N) is 3. The molecule has 2 N–H and O–H groups in total. The Morgan fingerprint density at radius 3 is 2.47 bits per heavy atom. The van der Waals surface area contributed by atoms with Crippen molar-refractivity contribution in [1.82, 2.24) is 15.0 Å². The summed E-state index contributed by atoms with van der Waals surface area (Å²) in [6, 6.07) is 0. The van der Waals surface area contributed by atoms with Gasteiger partial charge in [0.25, 0.3) is 0 Å². The van der Waals surface area contributed by atoms with Gasteiger partial charge in [0.15, 0.2) is 15.7 Å². The van der Waals surface area contributed by atoms with Gasteiger partial charge in [-0.1, -0.05) is 5.21 Å². The number of anilines is 1. The molecule has 0 radical (unpaired) electrons. The molecule has 1 heterocycles. The van der Waals surface area contributed by atoms with Crippen LogP contribution in [0.1, 0.15) is 20.8 Å². The van der Waals surface area contributed by atoms with Gasteiger partial charge in [-0.15, -0.1) is 5.10 Å². The van der Waals surface area contributed by atoms with Gasteiger partial charge in [-0.05, 0) is 20.8 Å². The molecule has 86 valence electrons. The SMILES string of the molecule is CC(C)(C)S(=O)(=O)CCn1cc(N)nn1. The number of nitrogen functional groups attached to an aromatic ring is 1. The van der Waals surface area contributed by atoms with E-state index in [2.05, 4.69) is 10.3 Å². The van der Waals surface area contributed by atoms with Crippen LogP contribution in [0.5, 0.6) is 0 Å². The van der Waals surface area contributed by atoms with E-state index in [4.69, 9.17) is 5.73 Å². The summed E-state index contributed by atoms with van der Waals surface area (Å²) in [5.41, 5.74) is 5.36. The molecule has 6 nitrogen and oxygen atoms in total. The molecule has 0 aliphatic carbocycles. The summed E-state index contributed by atoms with van der Waals surface area (Å²) < 4.78 is 24.2.